The summed E-state index contributed by atoms with van der Waals surface area (Å²) in [4.78, 5) is 26.1. The first-order valence-electron chi connectivity index (χ1n) is 11.0. The third-order valence-electron chi connectivity index (χ3n) is 6.51. The molecule has 3 aromatic rings. The van der Waals surface area contributed by atoms with Gasteiger partial charge in [-0.05, 0) is 43.0 Å². The molecule has 2 aliphatic rings. The summed E-state index contributed by atoms with van der Waals surface area (Å²) >= 11 is 12.7. The van der Waals surface area contributed by atoms with E-state index in [9.17, 15) is 4.79 Å². The molecule has 2 N–H and O–H groups in total. The van der Waals surface area contributed by atoms with Crippen LogP contribution < -0.4 is 10.6 Å². The Morgan fingerprint density at radius 1 is 1.27 bits per heavy atom. The van der Waals surface area contributed by atoms with Crippen molar-refractivity contribution in [2.24, 2.45) is 0 Å². The molecule has 0 bridgehead atoms. The fraction of sp³-hybridized carbons (Fsp3) is 0.435. The van der Waals surface area contributed by atoms with Gasteiger partial charge in [0.2, 0.25) is 0 Å². The first-order valence-corrected chi connectivity index (χ1v) is 11.8. The van der Waals surface area contributed by atoms with E-state index in [-0.39, 0.29) is 24.1 Å². The summed E-state index contributed by atoms with van der Waals surface area (Å²) in [5, 5.41) is 1.19. The first kappa shape index (κ1) is 22.3. The van der Waals surface area contributed by atoms with E-state index in [0.717, 1.165) is 23.2 Å². The topological polar surface area (TPSA) is 97.7 Å². The quantitative estimate of drug-likeness (QED) is 0.587. The number of benzene rings is 1. The molecule has 0 saturated carbocycles. The number of nitrogen functional groups attached to an aromatic ring is 1. The van der Waals surface area contributed by atoms with Crippen molar-refractivity contribution < 1.29 is 13.9 Å². The van der Waals surface area contributed by atoms with E-state index >= 15 is 0 Å². The molecule has 5 rings (SSSR count). The smallest absolute Gasteiger partial charge is 0.293 e. The van der Waals surface area contributed by atoms with Crippen LogP contribution in [-0.4, -0.2) is 52.6 Å². The fourth-order valence-corrected chi connectivity index (χ4v) is 5.56. The van der Waals surface area contributed by atoms with Crippen LogP contribution in [0.2, 0.25) is 10.0 Å². The average molecular weight is 490 g/mol. The number of rotatable bonds is 3. The second kappa shape index (κ2) is 8.66. The van der Waals surface area contributed by atoms with Crippen LogP contribution in [0.5, 0.6) is 0 Å². The Morgan fingerprint density at radius 3 is 2.88 bits per heavy atom. The van der Waals surface area contributed by atoms with Crippen LogP contribution in [0.15, 0.2) is 28.9 Å². The lowest BCUT2D eigenvalue weighted by Gasteiger charge is -2.42. The fourth-order valence-electron chi connectivity index (χ4n) is 4.87. The highest BCUT2D eigenvalue weighted by Crippen LogP contribution is 2.38. The van der Waals surface area contributed by atoms with Gasteiger partial charge < -0.3 is 24.7 Å². The maximum Gasteiger partial charge on any atom is 0.293 e. The Balaban J connectivity index is 1.43. The van der Waals surface area contributed by atoms with Gasteiger partial charge in [0.05, 0.1) is 31.1 Å². The minimum atomic E-state index is -0.630. The van der Waals surface area contributed by atoms with E-state index in [4.69, 9.17) is 38.1 Å². The van der Waals surface area contributed by atoms with E-state index < -0.39 is 6.10 Å². The van der Waals surface area contributed by atoms with E-state index in [1.165, 1.54) is 0 Å². The van der Waals surface area contributed by atoms with Crippen molar-refractivity contribution in [3.63, 3.8) is 0 Å². The van der Waals surface area contributed by atoms with Gasteiger partial charge in [-0.1, -0.05) is 30.1 Å². The molecular weight excluding hydrogens is 465 g/mol. The van der Waals surface area contributed by atoms with Crippen molar-refractivity contribution in [1.82, 2.24) is 14.9 Å². The summed E-state index contributed by atoms with van der Waals surface area (Å²) < 4.78 is 11.9. The molecule has 0 aliphatic carbocycles. The highest BCUT2D eigenvalue weighted by atomic mass is 35.5. The summed E-state index contributed by atoms with van der Waals surface area (Å²) in [6.07, 6.45) is 4.05. The molecule has 1 saturated heterocycles. The van der Waals surface area contributed by atoms with Crippen LogP contribution in [0, 0.1) is 0 Å². The maximum absolute atomic E-state index is 13.7. The summed E-state index contributed by atoms with van der Waals surface area (Å²) in [5.41, 5.74) is 9.70. The number of pyridine rings is 1. The summed E-state index contributed by atoms with van der Waals surface area (Å²) in [5.74, 6) is -0.0560. The van der Waals surface area contributed by atoms with Gasteiger partial charge in [-0.3, -0.25) is 9.78 Å². The van der Waals surface area contributed by atoms with Crippen LogP contribution in [0.4, 0.5) is 11.7 Å². The highest BCUT2D eigenvalue weighted by Gasteiger charge is 2.39. The van der Waals surface area contributed by atoms with Crippen LogP contribution >= 0.6 is 23.2 Å². The first-order chi connectivity index (χ1) is 15.9. The second-order valence-electron chi connectivity index (χ2n) is 8.54. The number of hydrogen-bond acceptors (Lipinski definition) is 7. The van der Waals surface area contributed by atoms with Gasteiger partial charge >= 0.3 is 0 Å². The second-order valence-corrected chi connectivity index (χ2v) is 9.38. The van der Waals surface area contributed by atoms with Gasteiger partial charge in [-0.25, -0.2) is 0 Å². The Hall–Kier alpha value is -2.55. The number of nitrogens with two attached hydrogens (primary N) is 1. The van der Waals surface area contributed by atoms with Crippen molar-refractivity contribution in [3.8, 4) is 0 Å². The van der Waals surface area contributed by atoms with E-state index in [1.54, 1.807) is 18.5 Å². The Bertz CT molecular complexity index is 1220. The lowest BCUT2D eigenvalue weighted by atomic mass is 9.93. The third kappa shape index (κ3) is 4.00. The van der Waals surface area contributed by atoms with E-state index in [2.05, 4.69) is 14.9 Å². The SMILES string of the molecule is CC[C@@H]1CN(c2cncc3nc(N)oc23)C[C@H](C(=O)N2CCc3cc(Cl)cc(Cl)c3[C@@H]2C)O1. The van der Waals surface area contributed by atoms with Crippen molar-refractivity contribution in [2.75, 3.05) is 30.3 Å². The number of aromatic nitrogens is 2. The minimum Gasteiger partial charge on any atom is -0.421 e. The predicted molar refractivity (Wildman–Crippen MR) is 128 cm³/mol. The zero-order valence-corrected chi connectivity index (χ0v) is 19.9. The van der Waals surface area contributed by atoms with Gasteiger partial charge in [-0.2, -0.15) is 4.98 Å². The Morgan fingerprint density at radius 2 is 2.09 bits per heavy atom. The number of hydrogen-bond donors (Lipinski definition) is 1. The molecule has 10 heteroatoms. The number of fused-ring (bicyclic) bond motifs is 2. The van der Waals surface area contributed by atoms with Crippen LogP contribution in [0.1, 0.15) is 37.4 Å². The standard InChI is InChI=1S/C23H25Cl2N5O3/c1-3-15-10-29(18-9-27-8-17-21(18)33-23(26)28-17)11-19(32-15)22(31)30-5-4-13-6-14(24)7-16(25)20(13)12(30)2/h6-9,12,15,19H,3-5,10-11H2,1-2H3,(H2,26,28)/t12-,15+,19+/m0/s1. The van der Waals surface area contributed by atoms with E-state index in [1.807, 2.05) is 24.8 Å². The summed E-state index contributed by atoms with van der Waals surface area (Å²) in [6.45, 7) is 5.61. The molecule has 33 heavy (non-hydrogen) atoms. The molecule has 174 valence electrons. The number of carbonyl (C=O) groups excluding carboxylic acids is 1. The van der Waals surface area contributed by atoms with Gasteiger partial charge in [0, 0.05) is 23.1 Å². The van der Waals surface area contributed by atoms with E-state index in [0.29, 0.717) is 47.2 Å². The lowest BCUT2D eigenvalue weighted by molar-refractivity contribution is -0.151. The number of amides is 1. The molecule has 1 amide bonds. The largest absolute Gasteiger partial charge is 0.421 e. The zero-order valence-electron chi connectivity index (χ0n) is 18.4. The molecule has 0 radical (unpaired) electrons. The normalized spacial score (nSPS) is 23.1. The summed E-state index contributed by atoms with van der Waals surface area (Å²) in [7, 11) is 0. The monoisotopic (exact) mass is 489 g/mol. The number of carbonyl (C=O) groups is 1. The van der Waals surface area contributed by atoms with Crippen molar-refractivity contribution in [3.05, 3.63) is 45.7 Å². The maximum atomic E-state index is 13.7. The Labute approximate surface area is 201 Å². The van der Waals surface area contributed by atoms with Gasteiger partial charge in [0.15, 0.2) is 11.7 Å². The molecule has 1 fully saturated rings. The van der Waals surface area contributed by atoms with Crippen LogP contribution in [0.3, 0.4) is 0 Å². The van der Waals surface area contributed by atoms with Gasteiger partial charge in [0.1, 0.15) is 11.2 Å². The van der Waals surface area contributed by atoms with Crippen LogP contribution in [0.25, 0.3) is 11.1 Å². The number of halogens is 2. The van der Waals surface area contributed by atoms with Crippen molar-refractivity contribution >= 4 is 51.9 Å². The number of anilines is 2. The predicted octanol–water partition coefficient (Wildman–Crippen LogP) is 4.24. The number of morpholine rings is 1. The third-order valence-corrected chi connectivity index (χ3v) is 7.04. The lowest BCUT2D eigenvalue weighted by Crippen LogP contribution is -2.55. The van der Waals surface area contributed by atoms with Gasteiger partial charge in [-0.15, -0.1) is 0 Å². The molecule has 4 heterocycles. The average Bonchev–Trinajstić information content (AvgIpc) is 3.18. The van der Waals surface area contributed by atoms with Crippen molar-refractivity contribution in [1.29, 1.82) is 0 Å². The number of oxazole rings is 1. The molecule has 0 spiro atoms. The molecular formula is C23H25Cl2N5O3. The molecule has 2 aliphatic heterocycles. The number of ether oxygens (including phenoxy) is 1. The highest BCUT2D eigenvalue weighted by molar-refractivity contribution is 6.35. The molecule has 3 atom stereocenters. The van der Waals surface area contributed by atoms with Crippen molar-refractivity contribution in [2.45, 2.75) is 44.9 Å². The number of nitrogens with zero attached hydrogens (tertiary/aromatic N) is 4. The molecule has 2 aromatic heterocycles. The summed E-state index contributed by atoms with van der Waals surface area (Å²) in [6, 6.07) is 3.58. The van der Waals surface area contributed by atoms with Gasteiger partial charge in [0.25, 0.3) is 11.9 Å². The zero-order chi connectivity index (χ0) is 23.3. The molecule has 8 nitrogen and oxygen atoms in total. The minimum absolute atomic E-state index is 0.0560. The van der Waals surface area contributed by atoms with Crippen LogP contribution in [-0.2, 0) is 16.0 Å². The Kier molecular flexibility index (Phi) is 5.84. The molecule has 0 unspecified atom stereocenters. The molecule has 1 aromatic carbocycles.